The number of benzene rings is 1. The number of hydrogen-bond acceptors (Lipinski definition) is 4. The number of likely N-dealkylation sites (tertiary alicyclic amines) is 1. The zero-order valence-electron chi connectivity index (χ0n) is 12.6. The lowest BCUT2D eigenvalue weighted by molar-refractivity contribution is 0.101. The Labute approximate surface area is 127 Å². The van der Waals surface area contributed by atoms with E-state index in [1.807, 2.05) is 6.92 Å². The van der Waals surface area contributed by atoms with Gasteiger partial charge in [-0.05, 0) is 51.9 Å². The van der Waals surface area contributed by atoms with Gasteiger partial charge in [-0.2, -0.15) is 0 Å². The molecule has 0 spiro atoms. The Bertz CT molecular complexity index is 551. The molecule has 0 amide bonds. The van der Waals surface area contributed by atoms with Gasteiger partial charge in [0.2, 0.25) is 10.0 Å². The van der Waals surface area contributed by atoms with Gasteiger partial charge >= 0.3 is 0 Å². The number of aliphatic hydroxyl groups is 1. The molecule has 2 rings (SSSR count). The second-order valence-electron chi connectivity index (χ2n) is 5.80. The molecule has 118 valence electrons. The van der Waals surface area contributed by atoms with Crippen LogP contribution in [-0.2, 0) is 10.0 Å². The first-order valence-corrected chi connectivity index (χ1v) is 8.86. The summed E-state index contributed by atoms with van der Waals surface area (Å²) >= 11 is 0. The van der Waals surface area contributed by atoms with Gasteiger partial charge < -0.3 is 10.0 Å². The third kappa shape index (κ3) is 4.51. The second-order valence-corrected chi connectivity index (χ2v) is 7.51. The van der Waals surface area contributed by atoms with E-state index in [-0.39, 0.29) is 4.90 Å². The second kappa shape index (κ2) is 6.87. The van der Waals surface area contributed by atoms with Crippen LogP contribution in [0.1, 0.15) is 25.3 Å². The molecular weight excluding hydrogens is 288 g/mol. The molecule has 0 aliphatic carbocycles. The Balaban J connectivity index is 1.96. The maximum atomic E-state index is 12.3. The molecule has 1 saturated heterocycles. The van der Waals surface area contributed by atoms with Crippen molar-refractivity contribution in [3.8, 4) is 0 Å². The molecule has 5 nitrogen and oxygen atoms in total. The van der Waals surface area contributed by atoms with E-state index in [9.17, 15) is 13.5 Å². The number of nitrogens with one attached hydrogen (secondary N) is 1. The van der Waals surface area contributed by atoms with Gasteiger partial charge in [-0.1, -0.05) is 17.7 Å². The number of hydrogen-bond donors (Lipinski definition) is 2. The Morgan fingerprint density at radius 3 is 2.38 bits per heavy atom. The molecule has 2 N–H and O–H groups in total. The van der Waals surface area contributed by atoms with Crippen LogP contribution >= 0.6 is 0 Å². The zero-order chi connectivity index (χ0) is 15.5. The minimum atomic E-state index is -3.58. The largest absolute Gasteiger partial charge is 0.390 e. The van der Waals surface area contributed by atoms with Gasteiger partial charge in [-0.3, -0.25) is 0 Å². The first-order valence-electron chi connectivity index (χ1n) is 7.38. The highest BCUT2D eigenvalue weighted by Gasteiger charge is 2.24. The van der Waals surface area contributed by atoms with E-state index in [4.69, 9.17) is 0 Å². The van der Waals surface area contributed by atoms with E-state index in [0.29, 0.717) is 6.54 Å². The summed E-state index contributed by atoms with van der Waals surface area (Å²) in [5.41, 5.74) is 1.01. The quantitative estimate of drug-likeness (QED) is 0.826. The van der Waals surface area contributed by atoms with Crippen LogP contribution in [0.3, 0.4) is 0 Å². The molecule has 21 heavy (non-hydrogen) atoms. The van der Waals surface area contributed by atoms with E-state index < -0.39 is 22.2 Å². The van der Waals surface area contributed by atoms with Crippen LogP contribution in [0.4, 0.5) is 0 Å². The number of sulfonamides is 1. The van der Waals surface area contributed by atoms with E-state index in [1.54, 1.807) is 31.2 Å². The molecule has 1 aromatic carbocycles. The van der Waals surface area contributed by atoms with Crippen LogP contribution in [0.15, 0.2) is 29.2 Å². The number of rotatable bonds is 6. The van der Waals surface area contributed by atoms with E-state index in [0.717, 1.165) is 31.5 Å². The molecule has 1 heterocycles. The summed E-state index contributed by atoms with van der Waals surface area (Å²) in [6.07, 6.45) is 1.59. The number of aryl methyl sites for hydroxylation is 1. The lowest BCUT2D eigenvalue weighted by Crippen LogP contribution is -2.46. The van der Waals surface area contributed by atoms with Gasteiger partial charge in [0.15, 0.2) is 0 Å². The molecule has 1 aliphatic rings. The van der Waals surface area contributed by atoms with Crippen molar-refractivity contribution in [1.82, 2.24) is 9.62 Å². The Hall–Kier alpha value is -0.950. The molecule has 1 fully saturated rings. The summed E-state index contributed by atoms with van der Waals surface area (Å²) in [5, 5.41) is 10.2. The van der Waals surface area contributed by atoms with Gasteiger partial charge in [0, 0.05) is 12.6 Å². The predicted molar refractivity (Wildman–Crippen MR) is 82.6 cm³/mol. The fourth-order valence-electron chi connectivity index (χ4n) is 2.50. The van der Waals surface area contributed by atoms with Crippen LogP contribution < -0.4 is 4.72 Å². The van der Waals surface area contributed by atoms with Crippen LogP contribution in [-0.4, -0.2) is 50.2 Å². The Kier molecular flexibility index (Phi) is 5.37. The monoisotopic (exact) mass is 312 g/mol. The molecule has 2 atom stereocenters. The summed E-state index contributed by atoms with van der Waals surface area (Å²) in [7, 11) is -3.58. The maximum Gasteiger partial charge on any atom is 0.240 e. The zero-order valence-corrected chi connectivity index (χ0v) is 13.4. The van der Waals surface area contributed by atoms with Crippen molar-refractivity contribution in [2.75, 3.05) is 19.6 Å². The summed E-state index contributed by atoms with van der Waals surface area (Å²) in [6, 6.07) is 6.17. The number of β-amino-alcohol motifs (C(OH)–C–C–N with tert-alkyl or cyclic N) is 1. The minimum absolute atomic E-state index is 0.230. The third-order valence-electron chi connectivity index (χ3n) is 3.89. The van der Waals surface area contributed by atoms with Crippen molar-refractivity contribution < 1.29 is 13.5 Å². The smallest absolute Gasteiger partial charge is 0.240 e. The molecule has 1 aromatic rings. The number of nitrogens with zero attached hydrogens (tertiary/aromatic N) is 1. The predicted octanol–water partition coefficient (Wildman–Crippen LogP) is 1.12. The Morgan fingerprint density at radius 1 is 1.24 bits per heavy atom. The minimum Gasteiger partial charge on any atom is -0.390 e. The van der Waals surface area contributed by atoms with Crippen molar-refractivity contribution >= 4 is 10.0 Å². The summed E-state index contributed by atoms with van der Waals surface area (Å²) in [6.45, 7) is 6.08. The Morgan fingerprint density at radius 2 is 1.81 bits per heavy atom. The summed E-state index contributed by atoms with van der Waals surface area (Å²) < 4.78 is 27.1. The van der Waals surface area contributed by atoms with Crippen molar-refractivity contribution in [3.63, 3.8) is 0 Å². The van der Waals surface area contributed by atoms with E-state index >= 15 is 0 Å². The molecule has 0 bridgehead atoms. The maximum absolute atomic E-state index is 12.3. The molecule has 1 aliphatic heterocycles. The van der Waals surface area contributed by atoms with Gasteiger partial charge in [0.05, 0.1) is 11.0 Å². The van der Waals surface area contributed by atoms with E-state index in [2.05, 4.69) is 9.62 Å². The number of aliphatic hydroxyl groups excluding tert-OH is 1. The lowest BCUT2D eigenvalue weighted by atomic mass is 10.2. The van der Waals surface area contributed by atoms with Gasteiger partial charge in [0.1, 0.15) is 0 Å². The van der Waals surface area contributed by atoms with Gasteiger partial charge in [0.25, 0.3) is 0 Å². The van der Waals surface area contributed by atoms with Crippen molar-refractivity contribution in [2.24, 2.45) is 0 Å². The van der Waals surface area contributed by atoms with Crippen LogP contribution in [0.2, 0.25) is 0 Å². The van der Waals surface area contributed by atoms with Gasteiger partial charge in [-0.15, -0.1) is 0 Å². The standard InChI is InChI=1S/C15H24N2O3S/c1-12-5-7-14(8-6-12)21(19,20)16-13(2)15(18)11-17-9-3-4-10-17/h5-8,13,15-16,18H,3-4,9-11H2,1-2H3/t13-,15-/m0/s1. The molecule has 6 heteroatoms. The molecular formula is C15H24N2O3S. The first-order chi connectivity index (χ1) is 9.88. The van der Waals surface area contributed by atoms with E-state index in [1.165, 1.54) is 0 Å². The average molecular weight is 312 g/mol. The third-order valence-corrected chi connectivity index (χ3v) is 5.47. The highest BCUT2D eigenvalue weighted by molar-refractivity contribution is 7.89. The molecule has 0 unspecified atom stereocenters. The normalized spacial score (nSPS) is 19.6. The van der Waals surface area contributed by atoms with Crippen LogP contribution in [0.25, 0.3) is 0 Å². The first kappa shape index (κ1) is 16.4. The molecule has 0 aromatic heterocycles. The highest BCUT2D eigenvalue weighted by atomic mass is 32.2. The van der Waals surface area contributed by atoms with Crippen LogP contribution in [0, 0.1) is 6.92 Å². The average Bonchev–Trinajstić information content (AvgIpc) is 2.91. The highest BCUT2D eigenvalue weighted by Crippen LogP contribution is 2.13. The van der Waals surface area contributed by atoms with Crippen molar-refractivity contribution in [1.29, 1.82) is 0 Å². The fraction of sp³-hybridized carbons (Fsp3) is 0.600. The fourth-order valence-corrected chi connectivity index (χ4v) is 3.77. The SMILES string of the molecule is Cc1ccc(S(=O)(=O)N[C@@H](C)[C@@H](O)CN2CCCC2)cc1. The molecule has 0 saturated carbocycles. The van der Waals surface area contributed by atoms with Crippen LogP contribution in [0.5, 0.6) is 0 Å². The van der Waals surface area contributed by atoms with Crippen molar-refractivity contribution in [3.05, 3.63) is 29.8 Å². The van der Waals surface area contributed by atoms with Gasteiger partial charge in [-0.25, -0.2) is 13.1 Å². The summed E-state index contributed by atoms with van der Waals surface area (Å²) in [5.74, 6) is 0. The van der Waals surface area contributed by atoms with Crippen molar-refractivity contribution in [2.45, 2.75) is 43.7 Å². The molecule has 0 radical (unpaired) electrons. The summed E-state index contributed by atoms with van der Waals surface area (Å²) in [4.78, 5) is 2.40. The topological polar surface area (TPSA) is 69.6 Å². The lowest BCUT2D eigenvalue weighted by Gasteiger charge is -2.24.